The molecule has 0 N–H and O–H groups in total. The Balaban J connectivity index is 2.71. The van der Waals surface area contributed by atoms with Crippen LogP contribution in [0.4, 0.5) is 8.78 Å². The van der Waals surface area contributed by atoms with E-state index in [0.29, 0.717) is 0 Å². The van der Waals surface area contributed by atoms with Gasteiger partial charge >= 0.3 is 5.97 Å². The summed E-state index contributed by atoms with van der Waals surface area (Å²) >= 11 is 5.72. The SMILES string of the molecule is COC(=O)Cc1cc(Cl)nc2c(F)ccc(F)c12. The molecule has 0 aliphatic rings. The van der Waals surface area contributed by atoms with Gasteiger partial charge < -0.3 is 4.74 Å². The zero-order chi connectivity index (χ0) is 13.3. The Labute approximate surface area is 106 Å². The van der Waals surface area contributed by atoms with Crippen LogP contribution in [0.5, 0.6) is 0 Å². The van der Waals surface area contributed by atoms with Gasteiger partial charge in [0.25, 0.3) is 0 Å². The molecule has 0 unspecified atom stereocenters. The molecule has 0 fully saturated rings. The van der Waals surface area contributed by atoms with Crippen molar-refractivity contribution in [1.82, 2.24) is 4.98 Å². The van der Waals surface area contributed by atoms with E-state index in [-0.39, 0.29) is 28.0 Å². The highest BCUT2D eigenvalue weighted by Gasteiger charge is 2.15. The Morgan fingerprint density at radius 1 is 1.39 bits per heavy atom. The van der Waals surface area contributed by atoms with E-state index in [9.17, 15) is 13.6 Å². The Kier molecular flexibility index (Phi) is 3.43. The number of hydrogen-bond acceptors (Lipinski definition) is 3. The Morgan fingerprint density at radius 2 is 2.06 bits per heavy atom. The molecular weight excluding hydrogens is 264 g/mol. The average Bonchev–Trinajstić information content (AvgIpc) is 2.33. The fourth-order valence-corrected chi connectivity index (χ4v) is 1.89. The highest BCUT2D eigenvalue weighted by atomic mass is 35.5. The van der Waals surface area contributed by atoms with Gasteiger partial charge in [0.2, 0.25) is 0 Å². The van der Waals surface area contributed by atoms with Crippen LogP contribution in [0.15, 0.2) is 18.2 Å². The lowest BCUT2D eigenvalue weighted by Gasteiger charge is -2.07. The number of fused-ring (bicyclic) bond motifs is 1. The molecule has 2 rings (SSSR count). The zero-order valence-electron chi connectivity index (χ0n) is 9.34. The Hall–Kier alpha value is -1.75. The Bertz CT molecular complexity index is 631. The summed E-state index contributed by atoms with van der Waals surface area (Å²) in [5.74, 6) is -1.92. The number of ether oxygens (including phenoxy) is 1. The number of halogens is 3. The third kappa shape index (κ3) is 2.26. The van der Waals surface area contributed by atoms with Gasteiger partial charge in [-0.3, -0.25) is 4.79 Å². The third-order valence-corrected chi connectivity index (χ3v) is 2.67. The molecule has 1 aromatic heterocycles. The molecule has 0 saturated heterocycles. The molecule has 0 bridgehead atoms. The normalized spacial score (nSPS) is 10.7. The van der Waals surface area contributed by atoms with Crippen LogP contribution in [-0.4, -0.2) is 18.1 Å². The first kappa shape index (κ1) is 12.7. The maximum atomic E-state index is 13.7. The van der Waals surface area contributed by atoms with E-state index < -0.39 is 17.6 Å². The lowest BCUT2D eigenvalue weighted by molar-refractivity contribution is -0.139. The van der Waals surface area contributed by atoms with Crippen molar-refractivity contribution in [3.8, 4) is 0 Å². The van der Waals surface area contributed by atoms with Gasteiger partial charge in [0.05, 0.1) is 13.5 Å². The van der Waals surface area contributed by atoms with Gasteiger partial charge in [-0.15, -0.1) is 0 Å². The minimum Gasteiger partial charge on any atom is -0.469 e. The lowest BCUT2D eigenvalue weighted by atomic mass is 10.1. The van der Waals surface area contributed by atoms with Crippen molar-refractivity contribution in [1.29, 1.82) is 0 Å². The van der Waals surface area contributed by atoms with E-state index >= 15 is 0 Å². The van der Waals surface area contributed by atoms with Gasteiger partial charge in [0, 0.05) is 5.39 Å². The molecule has 0 aliphatic carbocycles. The van der Waals surface area contributed by atoms with Crippen molar-refractivity contribution < 1.29 is 18.3 Å². The number of aromatic nitrogens is 1. The minimum absolute atomic E-state index is 0.00842. The maximum Gasteiger partial charge on any atom is 0.310 e. The molecule has 0 radical (unpaired) electrons. The van der Waals surface area contributed by atoms with Crippen molar-refractivity contribution in [3.63, 3.8) is 0 Å². The van der Waals surface area contributed by atoms with E-state index in [1.807, 2.05) is 0 Å². The van der Waals surface area contributed by atoms with Crippen LogP contribution in [0.25, 0.3) is 10.9 Å². The first-order valence-electron chi connectivity index (χ1n) is 5.03. The first-order chi connectivity index (χ1) is 8.52. The second-order valence-corrected chi connectivity index (χ2v) is 4.00. The molecule has 0 amide bonds. The first-order valence-corrected chi connectivity index (χ1v) is 5.40. The molecule has 94 valence electrons. The Morgan fingerprint density at radius 3 is 2.72 bits per heavy atom. The summed E-state index contributed by atoms with van der Waals surface area (Å²) in [7, 11) is 1.21. The molecule has 1 aromatic carbocycles. The number of benzene rings is 1. The zero-order valence-corrected chi connectivity index (χ0v) is 10.1. The van der Waals surface area contributed by atoms with Crippen LogP contribution in [0.2, 0.25) is 5.15 Å². The quantitative estimate of drug-likeness (QED) is 0.623. The fourth-order valence-electron chi connectivity index (χ4n) is 1.68. The standard InChI is InChI=1S/C12H8ClF2NO2/c1-18-10(17)5-6-4-9(13)16-12-8(15)3-2-7(14)11(6)12/h2-4H,5H2,1H3. The van der Waals surface area contributed by atoms with Crippen molar-refractivity contribution in [3.05, 3.63) is 40.6 Å². The maximum absolute atomic E-state index is 13.7. The van der Waals surface area contributed by atoms with Gasteiger partial charge in [0.15, 0.2) is 0 Å². The summed E-state index contributed by atoms with van der Waals surface area (Å²) in [6.07, 6.45) is -0.199. The molecule has 6 heteroatoms. The van der Waals surface area contributed by atoms with Crippen molar-refractivity contribution in [2.24, 2.45) is 0 Å². The average molecular weight is 272 g/mol. The molecule has 18 heavy (non-hydrogen) atoms. The van der Waals surface area contributed by atoms with E-state index in [1.165, 1.54) is 13.2 Å². The monoisotopic (exact) mass is 271 g/mol. The summed E-state index contributed by atoms with van der Waals surface area (Å²) < 4.78 is 31.7. The molecule has 0 spiro atoms. The van der Waals surface area contributed by atoms with Crippen molar-refractivity contribution >= 4 is 28.5 Å². The highest BCUT2D eigenvalue weighted by Crippen LogP contribution is 2.26. The highest BCUT2D eigenvalue weighted by molar-refractivity contribution is 6.30. The number of carbonyl (C=O) groups is 1. The van der Waals surface area contributed by atoms with Gasteiger partial charge in [-0.2, -0.15) is 0 Å². The summed E-state index contributed by atoms with van der Waals surface area (Å²) in [5, 5.41) is -0.0595. The van der Waals surface area contributed by atoms with E-state index in [0.717, 1.165) is 12.1 Å². The van der Waals surface area contributed by atoms with Crippen LogP contribution in [0.3, 0.4) is 0 Å². The topological polar surface area (TPSA) is 39.2 Å². The third-order valence-electron chi connectivity index (χ3n) is 2.47. The molecule has 2 aromatic rings. The second kappa shape index (κ2) is 4.86. The number of methoxy groups -OCH3 is 1. The predicted octanol–water partition coefficient (Wildman–Crippen LogP) is 2.88. The lowest BCUT2D eigenvalue weighted by Crippen LogP contribution is -2.06. The minimum atomic E-state index is -0.694. The van der Waals surface area contributed by atoms with Gasteiger partial charge in [-0.05, 0) is 23.8 Å². The number of carbonyl (C=O) groups excluding carboxylic acids is 1. The van der Waals surface area contributed by atoms with Crippen LogP contribution in [-0.2, 0) is 16.0 Å². The van der Waals surface area contributed by atoms with Gasteiger partial charge in [-0.25, -0.2) is 13.8 Å². The molecule has 0 saturated carbocycles. The van der Waals surface area contributed by atoms with Crippen LogP contribution in [0.1, 0.15) is 5.56 Å². The number of nitrogens with zero attached hydrogens (tertiary/aromatic N) is 1. The largest absolute Gasteiger partial charge is 0.469 e. The summed E-state index contributed by atoms with van der Waals surface area (Å²) in [5.41, 5.74) is 0.0512. The number of rotatable bonds is 2. The van der Waals surface area contributed by atoms with Crippen LogP contribution >= 0.6 is 11.6 Å². The molecule has 0 atom stereocenters. The summed E-state index contributed by atoms with van der Waals surface area (Å²) in [4.78, 5) is 15.0. The molecule has 3 nitrogen and oxygen atoms in total. The number of hydrogen-bond donors (Lipinski definition) is 0. The fraction of sp³-hybridized carbons (Fsp3) is 0.167. The van der Waals surface area contributed by atoms with E-state index in [2.05, 4.69) is 9.72 Å². The summed E-state index contributed by atoms with van der Waals surface area (Å²) in [6, 6.07) is 3.26. The van der Waals surface area contributed by atoms with E-state index in [1.54, 1.807) is 0 Å². The van der Waals surface area contributed by atoms with Crippen molar-refractivity contribution in [2.75, 3.05) is 7.11 Å². The predicted molar refractivity (Wildman–Crippen MR) is 62.4 cm³/mol. The van der Waals surface area contributed by atoms with Gasteiger partial charge in [0.1, 0.15) is 22.3 Å². The molecule has 0 aliphatic heterocycles. The van der Waals surface area contributed by atoms with Crippen LogP contribution in [0, 0.1) is 11.6 Å². The second-order valence-electron chi connectivity index (χ2n) is 3.61. The van der Waals surface area contributed by atoms with Gasteiger partial charge in [-0.1, -0.05) is 11.6 Å². The molecular formula is C12H8ClF2NO2. The number of esters is 1. The van der Waals surface area contributed by atoms with E-state index in [4.69, 9.17) is 11.6 Å². The smallest absolute Gasteiger partial charge is 0.310 e. The molecule has 1 heterocycles. The van der Waals surface area contributed by atoms with Crippen molar-refractivity contribution in [2.45, 2.75) is 6.42 Å². The number of pyridine rings is 1. The van der Waals surface area contributed by atoms with Crippen LogP contribution < -0.4 is 0 Å². The summed E-state index contributed by atoms with van der Waals surface area (Å²) in [6.45, 7) is 0.